The molecule has 0 aromatic carbocycles. The molecule has 0 radical (unpaired) electrons. The topological polar surface area (TPSA) is 90.5 Å². The van der Waals surface area contributed by atoms with Crippen LogP contribution in [0.5, 0.6) is 0 Å². The van der Waals surface area contributed by atoms with Gasteiger partial charge in [0.2, 0.25) is 15.9 Å². The van der Waals surface area contributed by atoms with E-state index in [9.17, 15) is 17.6 Å². The fourth-order valence-corrected chi connectivity index (χ4v) is 6.85. The van der Waals surface area contributed by atoms with Gasteiger partial charge in [-0.15, -0.1) is 16.4 Å². The maximum Gasteiger partial charge on any atom is 0.241 e. The molecule has 0 bridgehead atoms. The van der Waals surface area contributed by atoms with Crippen LogP contribution >= 0.6 is 11.6 Å². The summed E-state index contributed by atoms with van der Waals surface area (Å²) in [6.45, 7) is 3.65. The lowest BCUT2D eigenvalue weighted by atomic mass is 9.76. The summed E-state index contributed by atoms with van der Waals surface area (Å²) in [5.74, 6) is -1.11. The lowest BCUT2D eigenvalue weighted by Gasteiger charge is -2.37. The minimum Gasteiger partial charge on any atom is -0.300 e. The van der Waals surface area contributed by atoms with Gasteiger partial charge in [0.05, 0.1) is 17.0 Å². The van der Waals surface area contributed by atoms with E-state index < -0.39 is 33.4 Å². The molecule has 1 saturated heterocycles. The summed E-state index contributed by atoms with van der Waals surface area (Å²) in [4.78, 5) is 16.9. The third-order valence-corrected chi connectivity index (χ3v) is 8.60. The van der Waals surface area contributed by atoms with Gasteiger partial charge < -0.3 is 0 Å². The van der Waals surface area contributed by atoms with Crippen molar-refractivity contribution in [3.63, 3.8) is 0 Å². The fraction of sp³-hybridized carbons (Fsp3) is 0.947. The number of nitrogens with one attached hydrogen (secondary N) is 3. The number of likely N-dealkylation sites (N-methyl/N-ethyl adjacent to an activating group) is 1. The van der Waals surface area contributed by atoms with Gasteiger partial charge in [-0.25, -0.2) is 12.8 Å². The molecule has 7 atom stereocenters. The lowest BCUT2D eigenvalue weighted by Crippen LogP contribution is -2.52. The Hall–Kier alpha value is -0.480. The third-order valence-electron chi connectivity index (χ3n) is 6.90. The lowest BCUT2D eigenvalue weighted by molar-refractivity contribution is -0.129. The molecule has 1 aliphatic heterocycles. The maximum atomic E-state index is 14.7. The van der Waals surface area contributed by atoms with Crippen molar-refractivity contribution < 1.29 is 17.6 Å². The number of carbonyl (C=O) groups excluding carboxylic acids is 1. The predicted molar refractivity (Wildman–Crippen MR) is 111 cm³/mol. The second kappa shape index (κ2) is 9.77. The Labute approximate surface area is 178 Å². The molecule has 1 amide bonds. The van der Waals surface area contributed by atoms with Gasteiger partial charge in [0.15, 0.2) is 0 Å². The normalized spacial score (nSPS) is 39.4. The molecule has 2 aliphatic carbocycles. The highest BCUT2D eigenvalue weighted by atomic mass is 35.5. The van der Waals surface area contributed by atoms with E-state index in [1.165, 1.54) is 0 Å². The number of sulfonamides is 1. The van der Waals surface area contributed by atoms with E-state index >= 15 is 0 Å². The standard InChI is InChI=1S/C19H34ClFN4O3S/c1-12-5-3-4-6-13(12)10-29(27,28)24-23-19(26)15-7-14(8-16(20)18(15)21)17-9-25(2)11-22-17/h12-18,22,24H,3-11H2,1-2H3,(H,23,26). The van der Waals surface area contributed by atoms with Gasteiger partial charge in [0, 0.05) is 19.3 Å². The largest absolute Gasteiger partial charge is 0.300 e. The van der Waals surface area contributed by atoms with E-state index in [4.69, 9.17) is 11.6 Å². The first-order chi connectivity index (χ1) is 13.7. The molecule has 3 fully saturated rings. The minimum absolute atomic E-state index is 0.0166. The second-order valence-electron chi connectivity index (χ2n) is 9.20. The van der Waals surface area contributed by atoms with Gasteiger partial charge in [-0.1, -0.05) is 26.2 Å². The molecule has 10 heteroatoms. The average molecular weight is 453 g/mol. The molecule has 0 aromatic rings. The first-order valence-electron chi connectivity index (χ1n) is 10.7. The van der Waals surface area contributed by atoms with Crippen molar-refractivity contribution in [1.29, 1.82) is 0 Å². The van der Waals surface area contributed by atoms with Crippen LogP contribution in [-0.2, 0) is 14.8 Å². The molecule has 7 unspecified atom stereocenters. The van der Waals surface area contributed by atoms with Gasteiger partial charge in [-0.2, -0.15) is 0 Å². The zero-order valence-corrected chi connectivity index (χ0v) is 18.8. The molecule has 3 N–H and O–H groups in total. The van der Waals surface area contributed by atoms with Crippen LogP contribution in [-0.4, -0.2) is 62.8 Å². The molecular formula is C19H34ClFN4O3S. The van der Waals surface area contributed by atoms with E-state index in [2.05, 4.69) is 27.4 Å². The zero-order valence-electron chi connectivity index (χ0n) is 17.2. The highest BCUT2D eigenvalue weighted by molar-refractivity contribution is 7.89. The van der Waals surface area contributed by atoms with Crippen molar-refractivity contribution in [3.05, 3.63) is 0 Å². The smallest absolute Gasteiger partial charge is 0.241 e. The zero-order chi connectivity index (χ0) is 21.2. The summed E-state index contributed by atoms with van der Waals surface area (Å²) in [7, 11) is -1.67. The summed E-state index contributed by atoms with van der Waals surface area (Å²) in [5.41, 5.74) is 2.26. The quantitative estimate of drug-likeness (QED) is 0.420. The van der Waals surface area contributed by atoms with Crippen LogP contribution in [0.25, 0.3) is 0 Å². The molecule has 3 rings (SSSR count). The fourth-order valence-electron chi connectivity index (χ4n) is 5.04. The monoisotopic (exact) mass is 452 g/mol. The maximum absolute atomic E-state index is 14.7. The number of rotatable bonds is 6. The van der Waals surface area contributed by atoms with Gasteiger partial charge in [-0.3, -0.25) is 20.4 Å². The molecule has 29 heavy (non-hydrogen) atoms. The molecular weight excluding hydrogens is 419 g/mol. The second-order valence-corrected chi connectivity index (χ2v) is 11.5. The van der Waals surface area contributed by atoms with Crippen LogP contribution in [0.1, 0.15) is 45.4 Å². The SMILES string of the molecule is CC1CCCCC1CS(=O)(=O)NNC(=O)C1CC(C2CN(C)CN2)CC(Cl)C1F. The number of carbonyl (C=O) groups is 1. The number of amides is 1. The number of nitrogens with zero attached hydrogens (tertiary/aromatic N) is 1. The van der Waals surface area contributed by atoms with Gasteiger partial charge in [0.25, 0.3) is 0 Å². The molecule has 1 heterocycles. The first kappa shape index (κ1) is 23.2. The molecule has 7 nitrogen and oxygen atoms in total. The van der Waals surface area contributed by atoms with Crippen LogP contribution in [0, 0.1) is 23.7 Å². The number of alkyl halides is 2. The Kier molecular flexibility index (Phi) is 7.81. The van der Waals surface area contributed by atoms with Crippen molar-refractivity contribution in [2.24, 2.45) is 23.7 Å². The number of halogens is 2. The Morgan fingerprint density at radius 1 is 1.28 bits per heavy atom. The number of hydrogen-bond acceptors (Lipinski definition) is 5. The summed E-state index contributed by atoms with van der Waals surface area (Å²) in [6.07, 6.45) is 3.44. The van der Waals surface area contributed by atoms with Crippen molar-refractivity contribution in [3.8, 4) is 0 Å². The van der Waals surface area contributed by atoms with E-state index in [0.29, 0.717) is 18.8 Å². The molecule has 168 valence electrons. The van der Waals surface area contributed by atoms with Crippen LogP contribution < -0.4 is 15.6 Å². The molecule has 0 aromatic heterocycles. The van der Waals surface area contributed by atoms with Crippen LogP contribution in [0.3, 0.4) is 0 Å². The summed E-state index contributed by atoms with van der Waals surface area (Å²) >= 11 is 6.22. The van der Waals surface area contributed by atoms with Gasteiger partial charge in [0.1, 0.15) is 6.17 Å². The average Bonchev–Trinajstić information content (AvgIpc) is 3.10. The highest BCUT2D eigenvalue weighted by Gasteiger charge is 2.44. The van der Waals surface area contributed by atoms with E-state index in [0.717, 1.165) is 38.9 Å². The Morgan fingerprint density at radius 2 is 2.00 bits per heavy atom. The van der Waals surface area contributed by atoms with Crippen LogP contribution in [0.2, 0.25) is 0 Å². The van der Waals surface area contributed by atoms with Crippen molar-refractivity contribution in [1.82, 2.24) is 20.5 Å². The van der Waals surface area contributed by atoms with Gasteiger partial charge in [-0.05, 0) is 44.1 Å². The van der Waals surface area contributed by atoms with Crippen molar-refractivity contribution >= 4 is 27.5 Å². The molecule has 0 spiro atoms. The van der Waals surface area contributed by atoms with Crippen LogP contribution in [0.15, 0.2) is 0 Å². The van der Waals surface area contributed by atoms with Crippen molar-refractivity contribution in [2.45, 2.75) is 63.0 Å². The van der Waals surface area contributed by atoms with E-state index in [-0.39, 0.29) is 23.6 Å². The summed E-state index contributed by atoms with van der Waals surface area (Å²) in [5, 5.41) is 2.63. The van der Waals surface area contributed by atoms with Crippen molar-refractivity contribution in [2.75, 3.05) is 26.0 Å². The number of hydrazine groups is 1. The first-order valence-corrected chi connectivity index (χ1v) is 12.7. The van der Waals surface area contributed by atoms with Gasteiger partial charge >= 0.3 is 0 Å². The Balaban J connectivity index is 1.55. The Morgan fingerprint density at radius 3 is 2.66 bits per heavy atom. The summed E-state index contributed by atoms with van der Waals surface area (Å²) < 4.78 is 39.5. The predicted octanol–water partition coefficient (Wildman–Crippen LogP) is 1.60. The third kappa shape index (κ3) is 6.03. The van der Waals surface area contributed by atoms with Crippen LogP contribution in [0.4, 0.5) is 4.39 Å². The summed E-state index contributed by atoms with van der Waals surface area (Å²) in [6, 6.07) is 0.161. The Bertz CT molecular complexity index is 682. The minimum atomic E-state index is -3.67. The molecule has 2 saturated carbocycles. The molecule has 3 aliphatic rings. The highest BCUT2D eigenvalue weighted by Crippen LogP contribution is 2.37. The van der Waals surface area contributed by atoms with E-state index in [1.54, 1.807) is 0 Å². The number of hydrogen-bond donors (Lipinski definition) is 3. The van der Waals surface area contributed by atoms with E-state index in [1.807, 2.05) is 7.05 Å².